The van der Waals surface area contributed by atoms with E-state index in [0.717, 1.165) is 0 Å². The molecule has 1 aromatic heterocycles. The highest BCUT2D eigenvalue weighted by atomic mass is 16.7. The van der Waals surface area contributed by atoms with Crippen LogP contribution in [0.3, 0.4) is 0 Å². The Kier molecular flexibility index (Phi) is 7.74. The van der Waals surface area contributed by atoms with E-state index in [4.69, 9.17) is 28.5 Å². The van der Waals surface area contributed by atoms with Gasteiger partial charge in [0.15, 0.2) is 5.43 Å². The third kappa shape index (κ3) is 5.73. The van der Waals surface area contributed by atoms with Crippen LogP contribution in [0.1, 0.15) is 6.42 Å². The quantitative estimate of drug-likeness (QED) is 0.243. The van der Waals surface area contributed by atoms with Gasteiger partial charge in [0.25, 0.3) is 0 Å². The Bertz CT molecular complexity index is 1330. The Labute approximate surface area is 209 Å². The third-order valence-corrected chi connectivity index (χ3v) is 5.77. The van der Waals surface area contributed by atoms with E-state index in [1.54, 1.807) is 24.3 Å². The number of hydrogen-bond acceptors (Lipinski definition) is 11. The lowest BCUT2D eigenvalue weighted by Crippen LogP contribution is -2.60. The molecule has 12 nitrogen and oxygen atoms in total. The highest BCUT2D eigenvalue weighted by molar-refractivity contribution is 5.90. The third-order valence-electron chi connectivity index (χ3n) is 5.77. The number of fused-ring (bicyclic) bond motifs is 1. The minimum atomic E-state index is -1.72. The maximum Gasteiger partial charge on any atom is 0.317 e. The zero-order valence-corrected chi connectivity index (χ0v) is 19.5. The van der Waals surface area contributed by atoms with Gasteiger partial charge in [-0.05, 0) is 29.8 Å². The van der Waals surface area contributed by atoms with Gasteiger partial charge in [-0.2, -0.15) is 0 Å². The van der Waals surface area contributed by atoms with E-state index in [1.165, 1.54) is 31.6 Å². The predicted octanol–water partition coefficient (Wildman–Crippen LogP) is 0.673. The summed E-state index contributed by atoms with van der Waals surface area (Å²) in [6.07, 6.45) is -7.43. The Morgan fingerprint density at radius 1 is 0.973 bits per heavy atom. The summed E-state index contributed by atoms with van der Waals surface area (Å²) >= 11 is 0. The topological polar surface area (TPSA) is 182 Å². The van der Waals surface area contributed by atoms with Crippen LogP contribution in [0.4, 0.5) is 0 Å². The monoisotopic (exact) mass is 516 g/mol. The molecule has 1 aliphatic rings. The molecule has 0 amide bonds. The number of carboxylic acid groups (broad SMARTS) is 1. The minimum absolute atomic E-state index is 0.113. The van der Waals surface area contributed by atoms with Gasteiger partial charge in [0.05, 0.1) is 18.1 Å². The molecule has 5 atom stereocenters. The molecule has 12 heteroatoms. The molecule has 2 aromatic carbocycles. The summed E-state index contributed by atoms with van der Waals surface area (Å²) < 4.78 is 26.6. The van der Waals surface area contributed by atoms with Crippen LogP contribution in [0, 0.1) is 0 Å². The van der Waals surface area contributed by atoms with E-state index < -0.39 is 55.7 Å². The number of ether oxygens (including phenoxy) is 4. The molecule has 0 spiro atoms. The van der Waals surface area contributed by atoms with Crippen molar-refractivity contribution in [1.82, 2.24) is 0 Å². The number of carbonyl (C=O) groups is 2. The molecule has 1 saturated heterocycles. The average molecular weight is 516 g/mol. The number of aliphatic hydroxyl groups excluding tert-OH is 3. The Morgan fingerprint density at radius 2 is 1.68 bits per heavy atom. The fourth-order valence-electron chi connectivity index (χ4n) is 3.79. The van der Waals surface area contributed by atoms with E-state index in [2.05, 4.69) is 0 Å². The van der Waals surface area contributed by atoms with Gasteiger partial charge in [0.2, 0.25) is 6.29 Å². The summed E-state index contributed by atoms with van der Waals surface area (Å²) in [4.78, 5) is 35.1. The number of esters is 1. The van der Waals surface area contributed by atoms with Crippen LogP contribution in [-0.2, 0) is 19.1 Å². The average Bonchev–Trinajstić information content (AvgIpc) is 2.88. The van der Waals surface area contributed by atoms with Crippen LogP contribution >= 0.6 is 0 Å². The number of hydrogen-bond donors (Lipinski definition) is 4. The number of carboxylic acids is 1. The molecule has 0 saturated carbocycles. The van der Waals surface area contributed by atoms with Crippen LogP contribution in [0.2, 0.25) is 0 Å². The first-order chi connectivity index (χ1) is 17.7. The summed E-state index contributed by atoms with van der Waals surface area (Å²) in [7, 11) is 1.54. The number of methoxy groups -OCH3 is 1. The molecule has 4 rings (SSSR count). The Balaban J connectivity index is 1.51. The summed E-state index contributed by atoms with van der Waals surface area (Å²) in [5, 5.41) is 39.6. The van der Waals surface area contributed by atoms with Gasteiger partial charge in [-0.25, -0.2) is 0 Å². The number of carbonyl (C=O) groups excluding carboxylic acids is 1. The van der Waals surface area contributed by atoms with Gasteiger partial charge < -0.3 is 43.8 Å². The molecule has 2 unspecified atom stereocenters. The Morgan fingerprint density at radius 3 is 2.35 bits per heavy atom. The van der Waals surface area contributed by atoms with Crippen molar-refractivity contribution in [2.45, 2.75) is 37.1 Å². The van der Waals surface area contributed by atoms with Crippen LogP contribution < -0.4 is 14.9 Å². The van der Waals surface area contributed by atoms with Crippen molar-refractivity contribution in [2.24, 2.45) is 0 Å². The molecule has 196 valence electrons. The molecular formula is C25H24O12. The molecule has 0 aliphatic carbocycles. The van der Waals surface area contributed by atoms with E-state index in [1.807, 2.05) is 0 Å². The molecule has 37 heavy (non-hydrogen) atoms. The van der Waals surface area contributed by atoms with E-state index in [0.29, 0.717) is 16.9 Å². The molecule has 2 heterocycles. The van der Waals surface area contributed by atoms with Gasteiger partial charge in [0, 0.05) is 6.07 Å². The van der Waals surface area contributed by atoms with Gasteiger partial charge in [-0.15, -0.1) is 0 Å². The number of rotatable bonds is 8. The molecule has 1 aliphatic heterocycles. The normalized spacial score (nSPS) is 23.4. The second-order valence-electron chi connectivity index (χ2n) is 8.25. The van der Waals surface area contributed by atoms with Crippen molar-refractivity contribution in [2.75, 3.05) is 13.7 Å². The number of benzene rings is 2. The van der Waals surface area contributed by atoms with Crippen LogP contribution in [-0.4, -0.2) is 76.8 Å². The van der Waals surface area contributed by atoms with Gasteiger partial charge >= 0.3 is 11.9 Å². The largest absolute Gasteiger partial charge is 0.497 e. The predicted molar refractivity (Wildman–Crippen MR) is 125 cm³/mol. The van der Waals surface area contributed by atoms with Crippen molar-refractivity contribution < 1.29 is 53.4 Å². The summed E-state index contributed by atoms with van der Waals surface area (Å²) in [5.41, 5.74) is 0.879. The molecule has 0 radical (unpaired) electrons. The minimum Gasteiger partial charge on any atom is -0.497 e. The number of aliphatic hydroxyl groups is 3. The van der Waals surface area contributed by atoms with Crippen molar-refractivity contribution in [3.8, 4) is 22.6 Å². The fourth-order valence-corrected chi connectivity index (χ4v) is 3.79. The zero-order chi connectivity index (χ0) is 26.7. The molecular weight excluding hydrogens is 492 g/mol. The lowest BCUT2D eigenvalue weighted by Gasteiger charge is -2.39. The highest BCUT2D eigenvalue weighted by Crippen LogP contribution is 2.28. The summed E-state index contributed by atoms with van der Waals surface area (Å²) in [5.74, 6) is -1.71. The van der Waals surface area contributed by atoms with Crippen molar-refractivity contribution >= 4 is 22.9 Å². The first-order valence-electron chi connectivity index (χ1n) is 11.1. The smallest absolute Gasteiger partial charge is 0.317 e. The van der Waals surface area contributed by atoms with E-state index >= 15 is 0 Å². The van der Waals surface area contributed by atoms with Gasteiger partial charge in [-0.3, -0.25) is 14.4 Å². The summed E-state index contributed by atoms with van der Waals surface area (Å²) in [6, 6.07) is 11.2. The Hall–Kier alpha value is -3.97. The van der Waals surface area contributed by atoms with Crippen molar-refractivity contribution in [3.63, 3.8) is 0 Å². The van der Waals surface area contributed by atoms with Gasteiger partial charge in [0.1, 0.15) is 60.8 Å². The van der Waals surface area contributed by atoms with E-state index in [-0.39, 0.29) is 22.1 Å². The first kappa shape index (κ1) is 26.1. The maximum absolute atomic E-state index is 13.0. The van der Waals surface area contributed by atoms with Gasteiger partial charge in [-0.1, -0.05) is 12.1 Å². The molecule has 0 bridgehead atoms. The summed E-state index contributed by atoms with van der Waals surface area (Å²) in [6.45, 7) is -0.586. The van der Waals surface area contributed by atoms with Crippen LogP contribution in [0.15, 0.2) is 57.9 Å². The van der Waals surface area contributed by atoms with Crippen molar-refractivity contribution in [3.05, 3.63) is 59.0 Å². The standard InChI is InChI=1S/C25H24O12/c1-33-13-4-2-12(3-5-13)16-10-34-17-8-14(6-7-15(17)21(16)29)36-25-24(32)23(31)22(30)18(37-25)11-35-20(28)9-19(26)27/h2-8,10,18,22-25,30-32H,9,11H2,1H3,(H,26,27)/t18?,22-,23+,24?,25-/m1/s1. The highest BCUT2D eigenvalue weighted by Gasteiger charge is 2.45. The van der Waals surface area contributed by atoms with Crippen LogP contribution in [0.5, 0.6) is 11.5 Å². The lowest BCUT2D eigenvalue weighted by molar-refractivity contribution is -0.278. The SMILES string of the molecule is COc1ccc(-c2coc3cc(O[C@@H]4OC(COC(=O)CC(=O)O)[C@@H](O)[C@H](O)C4O)ccc3c2=O)cc1. The second-order valence-corrected chi connectivity index (χ2v) is 8.25. The maximum atomic E-state index is 13.0. The molecule has 4 N–H and O–H groups in total. The van der Waals surface area contributed by atoms with Crippen LogP contribution in [0.25, 0.3) is 22.1 Å². The van der Waals surface area contributed by atoms with Crippen molar-refractivity contribution in [1.29, 1.82) is 0 Å². The second kappa shape index (κ2) is 11.0. The first-order valence-corrected chi connectivity index (χ1v) is 11.1. The molecule has 1 fully saturated rings. The zero-order valence-electron chi connectivity index (χ0n) is 19.5. The number of aliphatic carboxylic acids is 1. The molecule has 3 aromatic rings. The fraction of sp³-hybridized carbons (Fsp3) is 0.320. The lowest BCUT2D eigenvalue weighted by atomic mass is 9.99. The van der Waals surface area contributed by atoms with E-state index in [9.17, 15) is 29.7 Å².